The van der Waals surface area contributed by atoms with Gasteiger partial charge in [0.1, 0.15) is 5.82 Å². The molecule has 0 atom stereocenters. The van der Waals surface area contributed by atoms with E-state index in [4.69, 9.17) is 0 Å². The summed E-state index contributed by atoms with van der Waals surface area (Å²) in [5.41, 5.74) is 6.25. The fraction of sp³-hybridized carbons (Fsp3) is 0.391. The van der Waals surface area contributed by atoms with Crippen molar-refractivity contribution in [1.82, 2.24) is 0 Å². The second-order valence-electron chi connectivity index (χ2n) is 8.38. The Balaban J connectivity index is 2.07. The van der Waals surface area contributed by atoms with Gasteiger partial charge < -0.3 is 0 Å². The van der Waals surface area contributed by atoms with Gasteiger partial charge in [-0.3, -0.25) is 0 Å². The molecule has 2 aromatic carbocycles. The maximum Gasteiger partial charge on any atom is 0.130 e. The molecule has 0 spiro atoms. The molecule has 0 bridgehead atoms. The largest absolute Gasteiger partial charge is 0.206 e. The third-order valence-electron chi connectivity index (χ3n) is 5.59. The molecule has 3 rings (SSSR count). The number of halogens is 1. The van der Waals surface area contributed by atoms with Crippen LogP contribution in [0.5, 0.6) is 0 Å². The van der Waals surface area contributed by atoms with Gasteiger partial charge in [-0.2, -0.15) is 0 Å². The van der Waals surface area contributed by atoms with Crippen LogP contribution in [0, 0.1) is 5.82 Å². The summed E-state index contributed by atoms with van der Waals surface area (Å²) in [5, 5.41) is 0. The lowest BCUT2D eigenvalue weighted by atomic mass is 9.63. The zero-order chi connectivity index (χ0) is 17.5. The summed E-state index contributed by atoms with van der Waals surface area (Å²) < 4.78 is 13.9. The quantitative estimate of drug-likeness (QED) is 0.537. The number of fused-ring (bicyclic) bond motifs is 1. The van der Waals surface area contributed by atoms with Crippen molar-refractivity contribution in [3.8, 4) is 0 Å². The summed E-state index contributed by atoms with van der Waals surface area (Å²) in [7, 11) is 0. The van der Waals surface area contributed by atoms with E-state index < -0.39 is 0 Å². The number of benzene rings is 2. The molecule has 0 radical (unpaired) electrons. The minimum atomic E-state index is -0.170. The van der Waals surface area contributed by atoms with Crippen molar-refractivity contribution in [2.24, 2.45) is 0 Å². The molecule has 1 aliphatic carbocycles. The maximum atomic E-state index is 13.9. The molecule has 0 N–H and O–H groups in total. The first-order valence-corrected chi connectivity index (χ1v) is 8.79. The van der Waals surface area contributed by atoms with E-state index in [-0.39, 0.29) is 16.6 Å². The molecular formula is C23H27F. The van der Waals surface area contributed by atoms with Crippen LogP contribution in [-0.4, -0.2) is 0 Å². The molecule has 0 fully saturated rings. The Kier molecular flexibility index (Phi) is 4.15. The Labute approximate surface area is 145 Å². The minimum absolute atomic E-state index is 0.170. The smallest absolute Gasteiger partial charge is 0.130 e. The zero-order valence-corrected chi connectivity index (χ0v) is 15.4. The van der Waals surface area contributed by atoms with Crippen molar-refractivity contribution in [2.45, 2.75) is 58.3 Å². The van der Waals surface area contributed by atoms with E-state index in [0.29, 0.717) is 5.56 Å². The summed E-state index contributed by atoms with van der Waals surface area (Å²) in [4.78, 5) is 0. The van der Waals surface area contributed by atoms with Crippen LogP contribution in [0.25, 0.3) is 11.6 Å². The molecule has 126 valence electrons. The topological polar surface area (TPSA) is 0 Å². The molecule has 0 nitrogen and oxygen atoms in total. The van der Waals surface area contributed by atoms with Crippen LogP contribution in [-0.2, 0) is 10.8 Å². The molecule has 1 heteroatoms. The van der Waals surface area contributed by atoms with Crippen LogP contribution >= 0.6 is 0 Å². The minimum Gasteiger partial charge on any atom is -0.206 e. The van der Waals surface area contributed by atoms with Crippen LogP contribution in [0.15, 0.2) is 42.5 Å². The van der Waals surface area contributed by atoms with E-state index >= 15 is 0 Å². The molecule has 0 amide bonds. The average molecular weight is 322 g/mol. The van der Waals surface area contributed by atoms with Crippen molar-refractivity contribution in [2.75, 3.05) is 0 Å². The monoisotopic (exact) mass is 322 g/mol. The molecular weight excluding hydrogens is 295 g/mol. The van der Waals surface area contributed by atoms with Crippen molar-refractivity contribution >= 4 is 11.6 Å². The highest BCUT2D eigenvalue weighted by atomic mass is 19.1. The first-order valence-electron chi connectivity index (χ1n) is 8.79. The zero-order valence-electron chi connectivity index (χ0n) is 15.4. The fourth-order valence-electron chi connectivity index (χ4n) is 3.74. The van der Waals surface area contributed by atoms with Crippen molar-refractivity contribution < 1.29 is 4.39 Å². The van der Waals surface area contributed by atoms with Crippen LogP contribution in [0.3, 0.4) is 0 Å². The second kappa shape index (κ2) is 5.88. The Morgan fingerprint density at radius 1 is 0.917 bits per heavy atom. The summed E-state index contributed by atoms with van der Waals surface area (Å²) in [5.74, 6) is -0.170. The number of hydrogen-bond donors (Lipinski definition) is 0. The van der Waals surface area contributed by atoms with Crippen LogP contribution < -0.4 is 0 Å². The van der Waals surface area contributed by atoms with Crippen LogP contribution in [0.1, 0.15) is 69.7 Å². The van der Waals surface area contributed by atoms with Gasteiger partial charge in [-0.05, 0) is 65.0 Å². The molecule has 1 aliphatic rings. The highest BCUT2D eigenvalue weighted by Gasteiger charge is 2.36. The van der Waals surface area contributed by atoms with Crippen molar-refractivity contribution in [3.05, 3.63) is 70.5 Å². The Bertz CT molecular complexity index is 793. The highest BCUT2D eigenvalue weighted by Crippen LogP contribution is 2.46. The number of allylic oxidation sites excluding steroid dienone is 1. The lowest BCUT2D eigenvalue weighted by molar-refractivity contribution is 0.332. The lowest BCUT2D eigenvalue weighted by Gasteiger charge is -2.42. The summed E-state index contributed by atoms with van der Waals surface area (Å²) >= 11 is 0. The molecule has 24 heavy (non-hydrogen) atoms. The van der Waals surface area contributed by atoms with Gasteiger partial charge in [0.2, 0.25) is 0 Å². The summed E-state index contributed by atoms with van der Waals surface area (Å²) in [6.07, 6.45) is 4.36. The Hall–Kier alpha value is -1.89. The predicted octanol–water partition coefficient (Wildman–Crippen LogP) is 6.74. The van der Waals surface area contributed by atoms with Gasteiger partial charge in [0.15, 0.2) is 0 Å². The lowest BCUT2D eigenvalue weighted by Crippen LogP contribution is -2.33. The van der Waals surface area contributed by atoms with Gasteiger partial charge in [-0.15, -0.1) is 0 Å². The normalized spacial score (nSPS) is 19.0. The molecule has 0 saturated carbocycles. The average Bonchev–Trinajstić information content (AvgIpc) is 2.54. The van der Waals surface area contributed by atoms with E-state index in [9.17, 15) is 4.39 Å². The summed E-state index contributed by atoms with van der Waals surface area (Å²) in [6, 6.07) is 13.7. The van der Waals surface area contributed by atoms with Gasteiger partial charge >= 0.3 is 0 Å². The first kappa shape index (κ1) is 17.0. The number of rotatable bonds is 2. The Morgan fingerprint density at radius 2 is 1.54 bits per heavy atom. The standard InChI is InChI=1S/C23H27F/c1-16(14-18-8-6-7-9-21(18)24)17-10-11-19-20(15-17)23(4,5)13-12-22(19,2)3/h6-11,14-15H,12-13H2,1-5H3. The Morgan fingerprint density at radius 3 is 2.21 bits per heavy atom. The summed E-state index contributed by atoms with van der Waals surface area (Å²) in [6.45, 7) is 11.4. The van der Waals surface area contributed by atoms with E-state index in [2.05, 4.69) is 52.8 Å². The van der Waals surface area contributed by atoms with Gasteiger partial charge in [-0.1, -0.05) is 64.1 Å². The fourth-order valence-corrected chi connectivity index (χ4v) is 3.74. The van der Waals surface area contributed by atoms with Gasteiger partial charge in [0.05, 0.1) is 0 Å². The van der Waals surface area contributed by atoms with Gasteiger partial charge in [0, 0.05) is 5.56 Å². The van der Waals surface area contributed by atoms with E-state index in [1.165, 1.54) is 35.6 Å². The SMILES string of the molecule is CC(=Cc1ccccc1F)c1ccc2c(c1)C(C)(C)CCC2(C)C. The third-order valence-corrected chi connectivity index (χ3v) is 5.59. The van der Waals surface area contributed by atoms with Gasteiger partial charge in [-0.25, -0.2) is 4.39 Å². The van der Waals surface area contributed by atoms with Crippen molar-refractivity contribution in [1.29, 1.82) is 0 Å². The maximum absolute atomic E-state index is 13.9. The van der Waals surface area contributed by atoms with E-state index in [1.807, 2.05) is 18.2 Å². The predicted molar refractivity (Wildman–Crippen MR) is 102 cm³/mol. The molecule has 0 heterocycles. The van der Waals surface area contributed by atoms with E-state index in [1.54, 1.807) is 6.07 Å². The number of hydrogen-bond acceptors (Lipinski definition) is 0. The molecule has 2 aromatic rings. The van der Waals surface area contributed by atoms with Gasteiger partial charge in [0.25, 0.3) is 0 Å². The van der Waals surface area contributed by atoms with Crippen molar-refractivity contribution in [3.63, 3.8) is 0 Å². The van der Waals surface area contributed by atoms with Crippen LogP contribution in [0.4, 0.5) is 4.39 Å². The van der Waals surface area contributed by atoms with E-state index in [0.717, 1.165) is 5.57 Å². The first-order chi connectivity index (χ1) is 11.2. The second-order valence-corrected chi connectivity index (χ2v) is 8.38. The molecule has 0 unspecified atom stereocenters. The molecule has 0 aromatic heterocycles. The third kappa shape index (κ3) is 3.05. The molecule has 0 saturated heterocycles. The van der Waals surface area contributed by atoms with Crippen LogP contribution in [0.2, 0.25) is 0 Å². The highest BCUT2D eigenvalue weighted by molar-refractivity contribution is 5.80. The molecule has 0 aliphatic heterocycles.